The number of methoxy groups -OCH3 is 1. The highest BCUT2D eigenvalue weighted by atomic mass is 16.5. The second-order valence-corrected chi connectivity index (χ2v) is 6.20. The minimum atomic E-state index is 0.695. The lowest BCUT2D eigenvalue weighted by atomic mass is 10.1. The summed E-state index contributed by atoms with van der Waals surface area (Å²) in [6.07, 6.45) is 1.31. The number of hydrogen-bond donors (Lipinski definition) is 0. The van der Waals surface area contributed by atoms with Crippen molar-refractivity contribution in [1.29, 1.82) is 0 Å². The first kappa shape index (κ1) is 12.9. The molecule has 1 aromatic carbocycles. The summed E-state index contributed by atoms with van der Waals surface area (Å²) in [5.41, 5.74) is 0.961. The molecular formula is C17H21N3O. The van der Waals surface area contributed by atoms with Gasteiger partial charge in [0.05, 0.1) is 7.11 Å². The van der Waals surface area contributed by atoms with Gasteiger partial charge in [-0.1, -0.05) is 12.1 Å². The molecule has 2 fully saturated rings. The van der Waals surface area contributed by atoms with E-state index in [1.165, 1.54) is 13.0 Å². The Morgan fingerprint density at radius 1 is 1.19 bits per heavy atom. The summed E-state index contributed by atoms with van der Waals surface area (Å²) in [6, 6.07) is 11.1. The summed E-state index contributed by atoms with van der Waals surface area (Å²) < 4.78 is 5.45. The summed E-state index contributed by atoms with van der Waals surface area (Å²) in [7, 11) is 3.95. The molecule has 0 aliphatic carbocycles. The van der Waals surface area contributed by atoms with Crippen LogP contribution < -0.4 is 9.64 Å². The van der Waals surface area contributed by atoms with E-state index in [4.69, 9.17) is 9.72 Å². The lowest BCUT2D eigenvalue weighted by molar-refractivity contribution is 0.310. The van der Waals surface area contributed by atoms with E-state index in [-0.39, 0.29) is 0 Å². The molecule has 110 valence electrons. The molecule has 2 saturated heterocycles. The smallest absolute Gasteiger partial charge is 0.145 e. The van der Waals surface area contributed by atoms with Gasteiger partial charge in [0.25, 0.3) is 0 Å². The molecule has 3 heterocycles. The van der Waals surface area contributed by atoms with Crippen LogP contribution in [0.25, 0.3) is 10.9 Å². The minimum Gasteiger partial charge on any atom is -0.494 e. The number of likely N-dealkylation sites (N-methyl/N-ethyl adjacent to an activating group) is 1. The van der Waals surface area contributed by atoms with Crippen LogP contribution in [0.4, 0.5) is 5.82 Å². The fourth-order valence-electron chi connectivity index (χ4n) is 3.81. The number of aromatic nitrogens is 1. The molecule has 2 atom stereocenters. The van der Waals surface area contributed by atoms with E-state index in [1.807, 2.05) is 12.1 Å². The van der Waals surface area contributed by atoms with Crippen LogP contribution in [0.15, 0.2) is 30.3 Å². The number of nitrogens with zero attached hydrogens (tertiary/aromatic N) is 3. The average molecular weight is 283 g/mol. The molecule has 2 aliphatic rings. The lowest BCUT2D eigenvalue weighted by Gasteiger charge is -2.22. The van der Waals surface area contributed by atoms with Gasteiger partial charge in [-0.05, 0) is 44.1 Å². The Morgan fingerprint density at radius 2 is 2.10 bits per heavy atom. The van der Waals surface area contributed by atoms with E-state index in [1.54, 1.807) is 7.11 Å². The summed E-state index contributed by atoms with van der Waals surface area (Å²) in [6.45, 7) is 3.46. The van der Waals surface area contributed by atoms with Crippen molar-refractivity contribution in [1.82, 2.24) is 9.88 Å². The van der Waals surface area contributed by atoms with Crippen molar-refractivity contribution in [3.05, 3.63) is 30.3 Å². The van der Waals surface area contributed by atoms with Crippen LogP contribution in [0.2, 0.25) is 0 Å². The van der Waals surface area contributed by atoms with Crippen LogP contribution in [0.5, 0.6) is 5.75 Å². The maximum absolute atomic E-state index is 5.45. The third-order valence-corrected chi connectivity index (χ3v) is 5.04. The first-order chi connectivity index (χ1) is 10.3. The van der Waals surface area contributed by atoms with Crippen molar-refractivity contribution in [2.24, 2.45) is 5.92 Å². The quantitative estimate of drug-likeness (QED) is 0.846. The summed E-state index contributed by atoms with van der Waals surface area (Å²) in [5, 5.41) is 1.13. The van der Waals surface area contributed by atoms with Crippen LogP contribution in [0.3, 0.4) is 0 Å². The number of rotatable bonds is 2. The van der Waals surface area contributed by atoms with Crippen molar-refractivity contribution in [3.8, 4) is 5.75 Å². The summed E-state index contributed by atoms with van der Waals surface area (Å²) >= 11 is 0. The molecule has 0 amide bonds. The molecule has 2 aromatic rings. The molecule has 0 radical (unpaired) electrons. The van der Waals surface area contributed by atoms with Gasteiger partial charge in [-0.2, -0.15) is 0 Å². The van der Waals surface area contributed by atoms with Crippen molar-refractivity contribution in [3.63, 3.8) is 0 Å². The van der Waals surface area contributed by atoms with Gasteiger partial charge in [0.1, 0.15) is 17.1 Å². The first-order valence-corrected chi connectivity index (χ1v) is 7.65. The molecule has 2 aliphatic heterocycles. The number of benzene rings is 1. The predicted octanol–water partition coefficient (Wildman–Crippen LogP) is 2.38. The fourth-order valence-corrected chi connectivity index (χ4v) is 3.81. The number of pyridine rings is 1. The van der Waals surface area contributed by atoms with E-state index in [9.17, 15) is 0 Å². The molecule has 21 heavy (non-hydrogen) atoms. The number of ether oxygens (including phenoxy) is 1. The molecule has 4 rings (SSSR count). The monoisotopic (exact) mass is 283 g/mol. The Morgan fingerprint density at radius 3 is 2.90 bits per heavy atom. The molecule has 0 unspecified atom stereocenters. The van der Waals surface area contributed by atoms with E-state index >= 15 is 0 Å². The summed E-state index contributed by atoms with van der Waals surface area (Å²) in [4.78, 5) is 9.78. The highest BCUT2D eigenvalue weighted by Gasteiger charge is 2.39. The topological polar surface area (TPSA) is 28.6 Å². The molecule has 0 saturated carbocycles. The Bertz CT molecular complexity index is 672. The Balaban J connectivity index is 1.68. The maximum Gasteiger partial charge on any atom is 0.145 e. The highest BCUT2D eigenvalue weighted by molar-refractivity contribution is 5.86. The third-order valence-electron chi connectivity index (χ3n) is 5.04. The number of likely N-dealkylation sites (tertiary alicyclic amines) is 1. The molecule has 0 bridgehead atoms. The molecule has 0 spiro atoms. The zero-order valence-electron chi connectivity index (χ0n) is 12.6. The van der Waals surface area contributed by atoms with Gasteiger partial charge < -0.3 is 14.5 Å². The van der Waals surface area contributed by atoms with Crippen LogP contribution in [-0.4, -0.2) is 49.7 Å². The molecular weight excluding hydrogens is 262 g/mol. The third kappa shape index (κ3) is 2.05. The molecule has 4 nitrogen and oxygen atoms in total. The largest absolute Gasteiger partial charge is 0.494 e. The Labute approximate surface area is 125 Å². The summed E-state index contributed by atoms with van der Waals surface area (Å²) in [5.74, 6) is 2.73. The SMILES string of the molecule is COc1cccc2ccc(N3C[C@H]4CCN(C)[C@H]4C3)nc12. The average Bonchev–Trinajstić information content (AvgIpc) is 3.08. The number of fused-ring (bicyclic) bond motifs is 2. The van der Waals surface area contributed by atoms with Crippen molar-refractivity contribution >= 4 is 16.7 Å². The zero-order chi connectivity index (χ0) is 14.4. The zero-order valence-corrected chi connectivity index (χ0v) is 12.6. The van der Waals surface area contributed by atoms with E-state index in [2.05, 4.69) is 35.0 Å². The Hall–Kier alpha value is -1.81. The highest BCUT2D eigenvalue weighted by Crippen LogP contribution is 2.34. The predicted molar refractivity (Wildman–Crippen MR) is 85.0 cm³/mol. The van der Waals surface area contributed by atoms with Gasteiger partial charge in [-0.3, -0.25) is 0 Å². The van der Waals surface area contributed by atoms with Crippen molar-refractivity contribution in [2.45, 2.75) is 12.5 Å². The molecule has 0 N–H and O–H groups in total. The van der Waals surface area contributed by atoms with Crippen LogP contribution in [0, 0.1) is 5.92 Å². The standard InChI is InChI=1S/C17H21N3O/c1-19-9-8-13-10-20(11-14(13)19)16-7-6-12-4-3-5-15(21-2)17(12)18-16/h3-7,13-14H,8-11H2,1-2H3/t13-,14+/m1/s1. The van der Waals surface area contributed by atoms with E-state index in [0.29, 0.717) is 6.04 Å². The van der Waals surface area contributed by atoms with Crippen molar-refractivity contribution in [2.75, 3.05) is 38.7 Å². The minimum absolute atomic E-state index is 0.695. The normalized spacial score (nSPS) is 25.5. The van der Waals surface area contributed by atoms with Crippen LogP contribution in [-0.2, 0) is 0 Å². The van der Waals surface area contributed by atoms with Gasteiger partial charge in [-0.15, -0.1) is 0 Å². The molecule has 1 aromatic heterocycles. The van der Waals surface area contributed by atoms with Crippen molar-refractivity contribution < 1.29 is 4.74 Å². The van der Waals surface area contributed by atoms with Gasteiger partial charge >= 0.3 is 0 Å². The van der Waals surface area contributed by atoms with Gasteiger partial charge in [0.2, 0.25) is 0 Å². The first-order valence-electron chi connectivity index (χ1n) is 7.65. The van der Waals surface area contributed by atoms with Gasteiger partial charge in [0.15, 0.2) is 0 Å². The number of hydrogen-bond acceptors (Lipinski definition) is 4. The molecule has 4 heteroatoms. The lowest BCUT2D eigenvalue weighted by Crippen LogP contribution is -2.32. The number of para-hydroxylation sites is 1. The Kier molecular flexibility index (Phi) is 3.00. The fraction of sp³-hybridized carbons (Fsp3) is 0.471. The maximum atomic E-state index is 5.45. The van der Waals surface area contributed by atoms with E-state index < -0.39 is 0 Å². The number of anilines is 1. The van der Waals surface area contributed by atoms with E-state index in [0.717, 1.165) is 41.5 Å². The van der Waals surface area contributed by atoms with Crippen LogP contribution in [0.1, 0.15) is 6.42 Å². The van der Waals surface area contributed by atoms with Gasteiger partial charge in [0, 0.05) is 24.5 Å². The second kappa shape index (κ2) is 4.88. The van der Waals surface area contributed by atoms with Gasteiger partial charge in [-0.25, -0.2) is 4.98 Å². The second-order valence-electron chi connectivity index (χ2n) is 6.20. The van der Waals surface area contributed by atoms with Crippen LogP contribution >= 0.6 is 0 Å².